The van der Waals surface area contributed by atoms with Gasteiger partial charge >= 0.3 is 0 Å². The molecule has 0 radical (unpaired) electrons. The maximum atomic E-state index is 13.3. The third-order valence-electron chi connectivity index (χ3n) is 5.48. The lowest BCUT2D eigenvalue weighted by Gasteiger charge is -2.36. The number of carbonyl (C=O) groups is 1. The molecule has 0 unspecified atom stereocenters. The fraction of sp³-hybridized carbons (Fsp3) is 0.450. The number of aryl methyl sites for hydroxylation is 1. The summed E-state index contributed by atoms with van der Waals surface area (Å²) in [6.07, 6.45) is 1.20. The van der Waals surface area contributed by atoms with Crippen molar-refractivity contribution in [3.05, 3.63) is 35.3 Å². The zero-order chi connectivity index (χ0) is 21.6. The number of rotatable bonds is 5. The largest absolute Gasteiger partial charge is 0.490 e. The second-order valence-corrected chi connectivity index (χ2v) is 7.77. The fourth-order valence-electron chi connectivity index (χ4n) is 3.76. The van der Waals surface area contributed by atoms with Crippen LogP contribution in [0, 0.1) is 30.3 Å². The van der Waals surface area contributed by atoms with Crippen molar-refractivity contribution in [3.63, 3.8) is 0 Å². The predicted molar refractivity (Wildman–Crippen MR) is 105 cm³/mol. The van der Waals surface area contributed by atoms with Gasteiger partial charge < -0.3 is 19.9 Å². The van der Waals surface area contributed by atoms with E-state index in [1.54, 1.807) is 16.8 Å². The monoisotopic (exact) mass is 421 g/mol. The van der Waals surface area contributed by atoms with Crippen LogP contribution in [0.5, 0.6) is 5.75 Å². The molecule has 2 heterocycles. The van der Waals surface area contributed by atoms with Crippen LogP contribution < -0.4 is 19.9 Å². The van der Waals surface area contributed by atoms with Gasteiger partial charge in [0.15, 0.2) is 23.3 Å². The standard InChI is InChI=1S/C20H22F3N5O2/c1-10-18-19(27(2)9-16(29)28(18)3)26-20(25-10)24-8-11-4-12(5-11)30-13-6-14(21)17(23)15(22)7-13/h6-7,11-12H,4-5,8-9H2,1-3H3,(H,24,25,26)/t11-,12-. The molecular formula is C20H22F3N5O2. The van der Waals surface area contributed by atoms with Crippen molar-refractivity contribution >= 4 is 23.4 Å². The molecule has 30 heavy (non-hydrogen) atoms. The van der Waals surface area contributed by atoms with Gasteiger partial charge in [0.05, 0.1) is 18.3 Å². The van der Waals surface area contributed by atoms with Crippen LogP contribution >= 0.6 is 0 Å². The Labute approximate surface area is 171 Å². The maximum Gasteiger partial charge on any atom is 0.246 e. The highest BCUT2D eigenvalue weighted by atomic mass is 19.2. The number of nitrogens with zero attached hydrogens (tertiary/aromatic N) is 4. The molecule has 7 nitrogen and oxygen atoms in total. The molecule has 0 spiro atoms. The van der Waals surface area contributed by atoms with Gasteiger partial charge in [-0.05, 0) is 25.7 Å². The highest BCUT2D eigenvalue weighted by molar-refractivity contribution is 6.02. The van der Waals surface area contributed by atoms with Gasteiger partial charge in [-0.1, -0.05) is 0 Å². The molecule has 1 saturated carbocycles. The van der Waals surface area contributed by atoms with E-state index in [0.29, 0.717) is 42.5 Å². The summed E-state index contributed by atoms with van der Waals surface area (Å²) in [4.78, 5) is 24.4. The molecule has 1 aromatic carbocycles. The van der Waals surface area contributed by atoms with Crippen LogP contribution in [0.15, 0.2) is 12.1 Å². The summed E-state index contributed by atoms with van der Waals surface area (Å²) in [5.41, 5.74) is 1.41. The summed E-state index contributed by atoms with van der Waals surface area (Å²) in [5, 5.41) is 3.22. The number of carbonyl (C=O) groups excluding carboxylic acids is 1. The second kappa shape index (κ2) is 7.66. The van der Waals surface area contributed by atoms with Crippen molar-refractivity contribution in [3.8, 4) is 5.75 Å². The Morgan fingerprint density at radius 3 is 2.50 bits per heavy atom. The number of hydrogen-bond acceptors (Lipinski definition) is 6. The van der Waals surface area contributed by atoms with Crippen molar-refractivity contribution in [1.29, 1.82) is 0 Å². The minimum Gasteiger partial charge on any atom is -0.490 e. The average molecular weight is 421 g/mol. The van der Waals surface area contributed by atoms with E-state index in [1.165, 1.54) is 0 Å². The van der Waals surface area contributed by atoms with Gasteiger partial charge in [0.2, 0.25) is 11.9 Å². The number of nitrogens with one attached hydrogen (secondary N) is 1. The Kier molecular flexibility index (Phi) is 5.17. The van der Waals surface area contributed by atoms with E-state index in [-0.39, 0.29) is 30.2 Å². The summed E-state index contributed by atoms with van der Waals surface area (Å²) in [6, 6.07) is 1.71. The number of hydrogen-bond donors (Lipinski definition) is 1. The highest BCUT2D eigenvalue weighted by Gasteiger charge is 2.32. The third-order valence-corrected chi connectivity index (χ3v) is 5.48. The first-order chi connectivity index (χ1) is 14.2. The van der Waals surface area contributed by atoms with Gasteiger partial charge in [-0.3, -0.25) is 4.79 Å². The van der Waals surface area contributed by atoms with Crippen LogP contribution in [0.2, 0.25) is 0 Å². The average Bonchev–Trinajstić information content (AvgIpc) is 2.65. The Hall–Kier alpha value is -3.04. The summed E-state index contributed by atoms with van der Waals surface area (Å²) in [6.45, 7) is 2.71. The first-order valence-electron chi connectivity index (χ1n) is 9.64. The summed E-state index contributed by atoms with van der Waals surface area (Å²) in [5.74, 6) is -2.60. The number of halogens is 3. The number of anilines is 3. The molecule has 2 aromatic rings. The van der Waals surface area contributed by atoms with E-state index < -0.39 is 17.5 Å². The van der Waals surface area contributed by atoms with Crippen LogP contribution in [0.4, 0.5) is 30.6 Å². The molecule has 1 N–H and O–H groups in total. The van der Waals surface area contributed by atoms with Crippen LogP contribution in [0.1, 0.15) is 18.5 Å². The van der Waals surface area contributed by atoms with E-state index in [1.807, 2.05) is 14.0 Å². The number of ether oxygens (including phenoxy) is 1. The van der Waals surface area contributed by atoms with Gasteiger partial charge in [-0.15, -0.1) is 0 Å². The minimum atomic E-state index is -1.50. The van der Waals surface area contributed by atoms with Crippen molar-refractivity contribution in [2.24, 2.45) is 5.92 Å². The second-order valence-electron chi connectivity index (χ2n) is 7.77. The van der Waals surface area contributed by atoms with Gasteiger partial charge in [0.1, 0.15) is 11.4 Å². The molecule has 10 heteroatoms. The Bertz CT molecular complexity index is 974. The molecule has 2 aliphatic rings. The quantitative estimate of drug-likeness (QED) is 0.749. The van der Waals surface area contributed by atoms with E-state index in [0.717, 1.165) is 12.1 Å². The fourth-order valence-corrected chi connectivity index (χ4v) is 3.76. The van der Waals surface area contributed by atoms with Crippen molar-refractivity contribution in [2.45, 2.75) is 25.9 Å². The Morgan fingerprint density at radius 2 is 1.83 bits per heavy atom. The van der Waals surface area contributed by atoms with E-state index >= 15 is 0 Å². The summed E-state index contributed by atoms with van der Waals surface area (Å²) in [7, 11) is 3.53. The highest BCUT2D eigenvalue weighted by Crippen LogP contribution is 2.35. The van der Waals surface area contributed by atoms with E-state index in [9.17, 15) is 18.0 Å². The lowest BCUT2D eigenvalue weighted by atomic mass is 9.82. The van der Waals surface area contributed by atoms with Crippen LogP contribution in [0.25, 0.3) is 0 Å². The molecule has 0 atom stereocenters. The van der Waals surface area contributed by atoms with Gasteiger partial charge in [0, 0.05) is 32.8 Å². The number of aromatic nitrogens is 2. The van der Waals surface area contributed by atoms with E-state index in [2.05, 4.69) is 15.3 Å². The molecular weight excluding hydrogens is 399 g/mol. The van der Waals surface area contributed by atoms with Crippen LogP contribution in [0.3, 0.4) is 0 Å². The number of benzene rings is 1. The summed E-state index contributed by atoms with van der Waals surface area (Å²) >= 11 is 0. The normalized spacial score (nSPS) is 20.7. The topological polar surface area (TPSA) is 70.6 Å². The van der Waals surface area contributed by atoms with Gasteiger partial charge in [-0.2, -0.15) is 4.98 Å². The number of likely N-dealkylation sites (N-methyl/N-ethyl adjacent to an activating group) is 2. The van der Waals surface area contributed by atoms with Crippen molar-refractivity contribution in [1.82, 2.24) is 9.97 Å². The lowest BCUT2D eigenvalue weighted by molar-refractivity contribution is -0.117. The van der Waals surface area contributed by atoms with Crippen LogP contribution in [-0.2, 0) is 4.79 Å². The number of fused-ring (bicyclic) bond motifs is 1. The predicted octanol–water partition coefficient (Wildman–Crippen LogP) is 2.88. The van der Waals surface area contributed by atoms with Crippen molar-refractivity contribution in [2.75, 3.05) is 42.3 Å². The molecule has 0 saturated heterocycles. The Balaban J connectivity index is 1.33. The molecule has 1 amide bonds. The SMILES string of the molecule is Cc1nc(NC[C@H]2C[C@H](Oc3cc(F)c(F)c(F)c3)C2)nc2c1N(C)C(=O)CN2C. The molecule has 1 fully saturated rings. The molecule has 1 aliphatic heterocycles. The van der Waals surface area contributed by atoms with E-state index in [4.69, 9.17) is 4.74 Å². The minimum absolute atomic E-state index is 0.0150. The zero-order valence-electron chi connectivity index (χ0n) is 16.9. The molecule has 1 aromatic heterocycles. The van der Waals surface area contributed by atoms with Gasteiger partial charge in [-0.25, -0.2) is 18.2 Å². The lowest BCUT2D eigenvalue weighted by Crippen LogP contribution is -2.43. The zero-order valence-corrected chi connectivity index (χ0v) is 16.9. The van der Waals surface area contributed by atoms with Crippen molar-refractivity contribution < 1.29 is 22.7 Å². The maximum absolute atomic E-state index is 13.3. The first-order valence-corrected chi connectivity index (χ1v) is 9.64. The number of amides is 1. The third kappa shape index (κ3) is 3.73. The Morgan fingerprint density at radius 1 is 1.17 bits per heavy atom. The first kappa shape index (κ1) is 20.2. The molecule has 160 valence electrons. The molecule has 4 rings (SSSR count). The summed E-state index contributed by atoms with van der Waals surface area (Å²) < 4.78 is 45.1. The molecule has 0 bridgehead atoms. The smallest absolute Gasteiger partial charge is 0.246 e. The van der Waals surface area contributed by atoms with Gasteiger partial charge in [0.25, 0.3) is 0 Å². The molecule has 1 aliphatic carbocycles. The van der Waals surface area contributed by atoms with Crippen LogP contribution in [-0.4, -0.2) is 49.2 Å².